The average molecular weight is 178 g/mol. The van der Waals surface area contributed by atoms with Crippen LogP contribution >= 0.6 is 0 Å². The first-order valence-corrected chi connectivity index (χ1v) is 4.02. The fourth-order valence-corrected chi connectivity index (χ4v) is 1.19. The molecule has 5 nitrogen and oxygen atoms in total. The number of nitrogens with zero attached hydrogens (tertiary/aromatic N) is 4. The van der Waals surface area contributed by atoms with E-state index >= 15 is 0 Å². The molecule has 13 heavy (non-hydrogen) atoms. The molecule has 0 amide bonds. The molecule has 0 N–H and O–H groups in total. The summed E-state index contributed by atoms with van der Waals surface area (Å²) in [6.07, 6.45) is 3.28. The summed E-state index contributed by atoms with van der Waals surface area (Å²) in [6, 6.07) is 0. The molecule has 0 saturated heterocycles. The highest BCUT2D eigenvalue weighted by Crippen LogP contribution is 2.02. The summed E-state index contributed by atoms with van der Waals surface area (Å²) in [6.45, 7) is 4.46. The second-order valence-electron chi connectivity index (χ2n) is 2.90. The van der Waals surface area contributed by atoms with Gasteiger partial charge >= 0.3 is 0 Å². The lowest BCUT2D eigenvalue weighted by molar-refractivity contribution is 0.418. The average Bonchev–Trinajstić information content (AvgIpc) is 2.63. The summed E-state index contributed by atoms with van der Waals surface area (Å²) in [7, 11) is 0. The van der Waals surface area contributed by atoms with Crippen molar-refractivity contribution in [2.45, 2.75) is 20.4 Å². The first-order valence-electron chi connectivity index (χ1n) is 4.02. The Labute approximate surface area is 75.4 Å². The molecule has 0 radical (unpaired) electrons. The highest BCUT2D eigenvalue weighted by atomic mass is 16.5. The monoisotopic (exact) mass is 178 g/mol. The quantitative estimate of drug-likeness (QED) is 0.686. The van der Waals surface area contributed by atoms with Gasteiger partial charge in [0.05, 0.1) is 12.7 Å². The van der Waals surface area contributed by atoms with Crippen LogP contribution in [-0.2, 0) is 6.54 Å². The normalized spacial score (nSPS) is 10.6. The van der Waals surface area contributed by atoms with Gasteiger partial charge in [-0.25, -0.2) is 9.67 Å². The van der Waals surface area contributed by atoms with Gasteiger partial charge in [-0.3, -0.25) is 0 Å². The lowest BCUT2D eigenvalue weighted by Gasteiger charge is -1.97. The van der Waals surface area contributed by atoms with Gasteiger partial charge in [-0.15, -0.1) is 0 Å². The molecule has 0 spiro atoms. The highest BCUT2D eigenvalue weighted by Gasteiger charge is 2.03. The van der Waals surface area contributed by atoms with Crippen LogP contribution in [0.15, 0.2) is 17.0 Å². The minimum Gasteiger partial charge on any atom is -0.364 e. The van der Waals surface area contributed by atoms with Crippen molar-refractivity contribution >= 4 is 0 Å². The lowest BCUT2D eigenvalue weighted by Crippen LogP contribution is -2.03. The Morgan fingerprint density at radius 3 is 2.85 bits per heavy atom. The van der Waals surface area contributed by atoms with Crippen LogP contribution in [0.2, 0.25) is 0 Å². The molecule has 0 aromatic carbocycles. The molecule has 0 aliphatic heterocycles. The number of hydrogen-bond donors (Lipinski definition) is 0. The van der Waals surface area contributed by atoms with E-state index in [0.717, 1.165) is 17.2 Å². The van der Waals surface area contributed by atoms with Crippen LogP contribution < -0.4 is 0 Å². The third-order valence-corrected chi connectivity index (χ3v) is 1.78. The minimum atomic E-state index is 0.663. The Balaban J connectivity index is 2.23. The van der Waals surface area contributed by atoms with Crippen LogP contribution in [0.1, 0.15) is 17.2 Å². The predicted octanol–water partition coefficient (Wildman–Crippen LogP) is 0.931. The van der Waals surface area contributed by atoms with Gasteiger partial charge in [0.2, 0.25) is 0 Å². The summed E-state index contributed by atoms with van der Waals surface area (Å²) < 4.78 is 6.54. The number of aromatic nitrogens is 4. The molecule has 0 unspecified atom stereocenters. The standard InChI is InChI=1S/C8H10N4O/c1-6-10-7(2)12(11-6)4-8-3-9-13-5-8/h3,5H,4H2,1-2H3. The van der Waals surface area contributed by atoms with Crippen molar-refractivity contribution in [1.29, 1.82) is 0 Å². The fourth-order valence-electron chi connectivity index (χ4n) is 1.19. The molecule has 5 heteroatoms. The maximum absolute atomic E-state index is 4.72. The predicted molar refractivity (Wildman–Crippen MR) is 45.1 cm³/mol. The van der Waals surface area contributed by atoms with E-state index < -0.39 is 0 Å². The van der Waals surface area contributed by atoms with E-state index in [1.165, 1.54) is 0 Å². The van der Waals surface area contributed by atoms with E-state index in [4.69, 9.17) is 4.52 Å². The molecule has 2 aromatic heterocycles. The van der Waals surface area contributed by atoms with Crippen LogP contribution in [0.4, 0.5) is 0 Å². The van der Waals surface area contributed by atoms with Crippen molar-refractivity contribution in [3.63, 3.8) is 0 Å². The van der Waals surface area contributed by atoms with Crippen molar-refractivity contribution in [3.05, 3.63) is 29.7 Å². The van der Waals surface area contributed by atoms with Crippen LogP contribution in [0.25, 0.3) is 0 Å². The Morgan fingerprint density at radius 1 is 1.46 bits per heavy atom. The van der Waals surface area contributed by atoms with Crippen molar-refractivity contribution in [3.8, 4) is 0 Å². The second-order valence-corrected chi connectivity index (χ2v) is 2.90. The Kier molecular flexibility index (Phi) is 1.84. The minimum absolute atomic E-state index is 0.663. The summed E-state index contributed by atoms with van der Waals surface area (Å²) >= 11 is 0. The summed E-state index contributed by atoms with van der Waals surface area (Å²) in [5.41, 5.74) is 0.994. The molecule has 0 bridgehead atoms. The van der Waals surface area contributed by atoms with Crippen LogP contribution in [-0.4, -0.2) is 19.9 Å². The van der Waals surface area contributed by atoms with Crippen LogP contribution in [0, 0.1) is 13.8 Å². The molecule has 2 aromatic rings. The van der Waals surface area contributed by atoms with Gasteiger partial charge in [0, 0.05) is 5.56 Å². The van der Waals surface area contributed by atoms with E-state index in [1.54, 1.807) is 12.5 Å². The van der Waals surface area contributed by atoms with Gasteiger partial charge < -0.3 is 4.52 Å². The molecule has 0 aliphatic carbocycles. The molecule has 2 heterocycles. The largest absolute Gasteiger partial charge is 0.364 e. The summed E-state index contributed by atoms with van der Waals surface area (Å²) in [5.74, 6) is 1.69. The van der Waals surface area contributed by atoms with Gasteiger partial charge in [-0.05, 0) is 13.8 Å². The van der Waals surface area contributed by atoms with Crippen LogP contribution in [0.5, 0.6) is 0 Å². The van der Waals surface area contributed by atoms with Crippen LogP contribution in [0.3, 0.4) is 0 Å². The van der Waals surface area contributed by atoms with Gasteiger partial charge in [0.15, 0.2) is 0 Å². The lowest BCUT2D eigenvalue weighted by atomic mass is 10.4. The molecule has 0 fully saturated rings. The zero-order valence-corrected chi connectivity index (χ0v) is 7.56. The molecule has 0 aliphatic rings. The molecular weight excluding hydrogens is 168 g/mol. The van der Waals surface area contributed by atoms with Crippen molar-refractivity contribution in [2.24, 2.45) is 0 Å². The van der Waals surface area contributed by atoms with Crippen molar-refractivity contribution < 1.29 is 4.52 Å². The van der Waals surface area contributed by atoms with E-state index in [9.17, 15) is 0 Å². The number of rotatable bonds is 2. The van der Waals surface area contributed by atoms with E-state index in [2.05, 4.69) is 15.2 Å². The first kappa shape index (κ1) is 7.97. The number of aryl methyl sites for hydroxylation is 2. The smallest absolute Gasteiger partial charge is 0.147 e. The SMILES string of the molecule is Cc1nc(C)n(Cc2cnoc2)n1. The maximum atomic E-state index is 4.72. The molecular formula is C8H10N4O. The molecule has 0 atom stereocenters. The first-order chi connectivity index (χ1) is 6.25. The van der Waals surface area contributed by atoms with E-state index in [1.807, 2.05) is 18.5 Å². The maximum Gasteiger partial charge on any atom is 0.147 e. The molecule has 68 valence electrons. The molecule has 2 rings (SSSR count). The Bertz CT molecular complexity index is 390. The Hall–Kier alpha value is -1.65. The highest BCUT2D eigenvalue weighted by molar-refractivity contribution is 5.02. The third kappa shape index (κ3) is 1.58. The van der Waals surface area contributed by atoms with Gasteiger partial charge in [-0.2, -0.15) is 5.10 Å². The van der Waals surface area contributed by atoms with Gasteiger partial charge in [0.1, 0.15) is 17.9 Å². The Morgan fingerprint density at radius 2 is 2.31 bits per heavy atom. The van der Waals surface area contributed by atoms with Gasteiger partial charge in [-0.1, -0.05) is 5.16 Å². The summed E-state index contributed by atoms with van der Waals surface area (Å²) in [5, 5.41) is 7.84. The summed E-state index contributed by atoms with van der Waals surface area (Å²) in [4.78, 5) is 4.19. The molecule has 0 saturated carbocycles. The second kappa shape index (κ2) is 3.01. The zero-order chi connectivity index (χ0) is 9.26. The van der Waals surface area contributed by atoms with Crippen molar-refractivity contribution in [2.75, 3.05) is 0 Å². The fraction of sp³-hybridized carbons (Fsp3) is 0.375. The van der Waals surface area contributed by atoms with E-state index in [0.29, 0.717) is 6.54 Å². The topological polar surface area (TPSA) is 56.7 Å². The zero-order valence-electron chi connectivity index (χ0n) is 7.56. The number of hydrogen-bond acceptors (Lipinski definition) is 4. The third-order valence-electron chi connectivity index (χ3n) is 1.78. The van der Waals surface area contributed by atoms with Crippen molar-refractivity contribution in [1.82, 2.24) is 19.9 Å². The van der Waals surface area contributed by atoms with E-state index in [-0.39, 0.29) is 0 Å². The van der Waals surface area contributed by atoms with Gasteiger partial charge in [0.25, 0.3) is 0 Å².